The predicted octanol–water partition coefficient (Wildman–Crippen LogP) is 4.93. The lowest BCUT2D eigenvalue weighted by molar-refractivity contribution is -0.136. The molecule has 0 bridgehead atoms. The summed E-state index contributed by atoms with van der Waals surface area (Å²) in [5.41, 5.74) is 3.31. The van der Waals surface area contributed by atoms with Crippen molar-refractivity contribution in [3.8, 4) is 0 Å². The third-order valence-electron chi connectivity index (χ3n) is 8.17. The van der Waals surface area contributed by atoms with Crippen LogP contribution >= 0.6 is 0 Å². The van der Waals surface area contributed by atoms with Gasteiger partial charge in [0.05, 0.1) is 0 Å². The summed E-state index contributed by atoms with van der Waals surface area (Å²) in [5, 5.41) is 0. The Morgan fingerprint density at radius 2 is 2.05 bits per heavy atom. The Kier molecular flexibility index (Phi) is 2.69. The molecule has 5 aliphatic rings. The van der Waals surface area contributed by atoms with Crippen LogP contribution in [-0.2, 0) is 4.79 Å². The van der Waals surface area contributed by atoms with E-state index in [-0.39, 0.29) is 5.41 Å². The van der Waals surface area contributed by atoms with Gasteiger partial charge in [-0.2, -0.15) is 0 Å². The number of allylic oxidation sites excluding steroid dienone is 4. The fourth-order valence-electron chi connectivity index (χ4n) is 7.14. The predicted molar refractivity (Wildman–Crippen MR) is 88.2 cm³/mol. The van der Waals surface area contributed by atoms with Crippen LogP contribution < -0.4 is 0 Å². The van der Waals surface area contributed by atoms with Crippen molar-refractivity contribution in [2.24, 2.45) is 40.9 Å². The zero-order valence-electron chi connectivity index (χ0n) is 14.0. The van der Waals surface area contributed by atoms with Crippen LogP contribution in [0.2, 0.25) is 0 Å². The largest absolute Gasteiger partial charge is 0.299 e. The number of carbonyl (C=O) groups is 1. The van der Waals surface area contributed by atoms with Crippen molar-refractivity contribution in [1.29, 1.82) is 0 Å². The van der Waals surface area contributed by atoms with Crippen LogP contribution in [0.5, 0.6) is 0 Å². The Bertz CT molecular complexity index is 597. The molecular weight excluding hydrogens is 268 g/mol. The molecule has 0 heterocycles. The summed E-state index contributed by atoms with van der Waals surface area (Å²) in [4.78, 5) is 12.9. The van der Waals surface area contributed by atoms with Crippen LogP contribution in [0.25, 0.3) is 0 Å². The fraction of sp³-hybridized carbons (Fsp3) is 0.762. The van der Waals surface area contributed by atoms with Gasteiger partial charge in [0.1, 0.15) is 5.78 Å². The molecule has 0 spiro atoms. The number of carbonyl (C=O) groups excluding carboxylic acids is 1. The molecule has 5 rings (SSSR count). The van der Waals surface area contributed by atoms with Gasteiger partial charge in [0.2, 0.25) is 0 Å². The summed E-state index contributed by atoms with van der Waals surface area (Å²) in [6.45, 7) is 4.57. The van der Waals surface area contributed by atoms with Gasteiger partial charge in [0.25, 0.3) is 0 Å². The number of rotatable bonds is 1. The monoisotopic (exact) mass is 296 g/mol. The molecule has 0 saturated heterocycles. The molecular formula is C21H28O. The molecule has 118 valence electrons. The summed E-state index contributed by atoms with van der Waals surface area (Å²) in [6.07, 6.45) is 13.8. The van der Waals surface area contributed by atoms with Crippen LogP contribution in [0, 0.1) is 40.9 Å². The molecule has 0 aromatic heterocycles. The fourth-order valence-corrected chi connectivity index (χ4v) is 7.14. The second-order valence-corrected chi connectivity index (χ2v) is 8.85. The minimum Gasteiger partial charge on any atom is -0.299 e. The van der Waals surface area contributed by atoms with Crippen molar-refractivity contribution in [2.75, 3.05) is 0 Å². The number of ketones is 1. The number of fused-ring (bicyclic) bond motifs is 7. The maximum absolute atomic E-state index is 12.9. The summed E-state index contributed by atoms with van der Waals surface area (Å²) >= 11 is 0. The molecule has 0 aromatic rings. The summed E-state index contributed by atoms with van der Waals surface area (Å²) in [7, 11) is 0. The SMILES string of the molecule is CC[C@]12CCC3C(CC=C4C=C(C)CC[C@@H]43)C1[C@@H]1C[C@@H]1C2=O. The van der Waals surface area contributed by atoms with Crippen LogP contribution in [0.15, 0.2) is 23.3 Å². The van der Waals surface area contributed by atoms with E-state index >= 15 is 0 Å². The quantitative estimate of drug-likeness (QED) is 0.670. The van der Waals surface area contributed by atoms with Gasteiger partial charge in [-0.25, -0.2) is 0 Å². The normalized spacial score (nSPS) is 52.0. The topological polar surface area (TPSA) is 17.1 Å². The zero-order chi connectivity index (χ0) is 15.1. The Balaban J connectivity index is 1.53. The van der Waals surface area contributed by atoms with E-state index < -0.39 is 0 Å². The van der Waals surface area contributed by atoms with E-state index in [2.05, 4.69) is 26.0 Å². The standard InChI is InChI=1S/C21H28O/c1-3-21-9-8-15-14-6-4-12(2)10-13(14)5-7-16(15)19(21)17-11-18(17)20(21)22/h5,10,14-19H,3-4,6-9,11H2,1-2H3/t14-,15?,16?,17+,18-,19?,21-/m0/s1. The minimum atomic E-state index is 0.0977. The molecule has 3 saturated carbocycles. The zero-order valence-corrected chi connectivity index (χ0v) is 14.0. The summed E-state index contributed by atoms with van der Waals surface area (Å²) in [6, 6.07) is 0. The molecule has 22 heavy (non-hydrogen) atoms. The van der Waals surface area contributed by atoms with Crippen molar-refractivity contribution >= 4 is 5.78 Å². The molecule has 0 radical (unpaired) electrons. The highest BCUT2D eigenvalue weighted by Gasteiger charge is 2.70. The second kappa shape index (κ2) is 4.36. The first-order valence-corrected chi connectivity index (χ1v) is 9.57. The molecule has 3 fully saturated rings. The highest BCUT2D eigenvalue weighted by molar-refractivity contribution is 5.93. The molecule has 0 aliphatic heterocycles. The van der Waals surface area contributed by atoms with Crippen LogP contribution in [-0.4, -0.2) is 5.78 Å². The van der Waals surface area contributed by atoms with Gasteiger partial charge < -0.3 is 0 Å². The number of Topliss-reactive ketones (excluding diaryl/α,β-unsaturated/α-hetero) is 1. The van der Waals surface area contributed by atoms with Crippen molar-refractivity contribution in [3.63, 3.8) is 0 Å². The highest BCUT2D eigenvalue weighted by atomic mass is 16.1. The lowest BCUT2D eigenvalue weighted by Gasteiger charge is -2.53. The van der Waals surface area contributed by atoms with E-state index in [1.165, 1.54) is 38.5 Å². The van der Waals surface area contributed by atoms with Gasteiger partial charge in [0.15, 0.2) is 0 Å². The molecule has 5 aliphatic carbocycles. The average molecular weight is 296 g/mol. The lowest BCUT2D eigenvalue weighted by Crippen LogP contribution is -2.48. The van der Waals surface area contributed by atoms with Crippen LogP contribution in [0.4, 0.5) is 0 Å². The number of hydrogen-bond acceptors (Lipinski definition) is 1. The third kappa shape index (κ3) is 1.53. The van der Waals surface area contributed by atoms with Crippen molar-refractivity contribution in [2.45, 2.75) is 58.8 Å². The third-order valence-corrected chi connectivity index (χ3v) is 8.17. The smallest absolute Gasteiger partial charge is 0.142 e. The summed E-state index contributed by atoms with van der Waals surface area (Å²) < 4.78 is 0. The average Bonchev–Trinajstić information content (AvgIpc) is 3.27. The van der Waals surface area contributed by atoms with Gasteiger partial charge in [-0.3, -0.25) is 4.79 Å². The van der Waals surface area contributed by atoms with Gasteiger partial charge >= 0.3 is 0 Å². The van der Waals surface area contributed by atoms with Crippen LogP contribution in [0.3, 0.4) is 0 Å². The Hall–Kier alpha value is -0.850. The van der Waals surface area contributed by atoms with E-state index in [1.54, 1.807) is 11.1 Å². The van der Waals surface area contributed by atoms with Crippen molar-refractivity contribution in [3.05, 3.63) is 23.3 Å². The first-order valence-electron chi connectivity index (χ1n) is 9.57. The Morgan fingerprint density at radius 3 is 2.86 bits per heavy atom. The Labute approximate surface area is 134 Å². The van der Waals surface area contributed by atoms with Gasteiger partial charge in [0, 0.05) is 11.3 Å². The minimum absolute atomic E-state index is 0.0977. The first-order chi connectivity index (χ1) is 10.7. The van der Waals surface area contributed by atoms with E-state index in [1.807, 2.05) is 0 Å². The molecule has 1 nitrogen and oxygen atoms in total. The second-order valence-electron chi connectivity index (χ2n) is 8.85. The van der Waals surface area contributed by atoms with E-state index in [9.17, 15) is 4.79 Å². The van der Waals surface area contributed by atoms with Gasteiger partial charge in [-0.05, 0) is 87.0 Å². The number of hydrogen-bond donors (Lipinski definition) is 0. The van der Waals surface area contributed by atoms with E-state index in [0.717, 1.165) is 36.0 Å². The van der Waals surface area contributed by atoms with Crippen LogP contribution in [0.1, 0.15) is 58.8 Å². The molecule has 1 heteroatoms. The maximum Gasteiger partial charge on any atom is 0.142 e. The molecule has 7 atom stereocenters. The van der Waals surface area contributed by atoms with E-state index in [4.69, 9.17) is 0 Å². The maximum atomic E-state index is 12.9. The molecule has 0 aromatic carbocycles. The van der Waals surface area contributed by atoms with Gasteiger partial charge in [-0.1, -0.05) is 24.6 Å². The van der Waals surface area contributed by atoms with Crippen molar-refractivity contribution < 1.29 is 4.79 Å². The summed E-state index contributed by atoms with van der Waals surface area (Å²) in [5.74, 6) is 5.16. The first kappa shape index (κ1) is 13.6. The van der Waals surface area contributed by atoms with Gasteiger partial charge in [-0.15, -0.1) is 0 Å². The molecule has 0 N–H and O–H groups in total. The lowest BCUT2D eigenvalue weighted by atomic mass is 9.51. The Morgan fingerprint density at radius 1 is 1.18 bits per heavy atom. The molecule has 0 amide bonds. The molecule has 3 unspecified atom stereocenters. The van der Waals surface area contributed by atoms with Crippen molar-refractivity contribution in [1.82, 2.24) is 0 Å². The van der Waals surface area contributed by atoms with E-state index in [0.29, 0.717) is 11.7 Å². The highest BCUT2D eigenvalue weighted by Crippen LogP contribution is 2.71.